The van der Waals surface area contributed by atoms with E-state index in [9.17, 15) is 19.0 Å². The number of carbonyl (C=O) groups excluding carboxylic acids is 2. The molecule has 0 heterocycles. The molecule has 0 radical (unpaired) electrons. The summed E-state index contributed by atoms with van der Waals surface area (Å²) in [5.41, 5.74) is 0. The second kappa shape index (κ2) is 42.8. The lowest BCUT2D eigenvalue weighted by Gasteiger charge is -2.24. The number of unbranched alkanes of at least 4 members (excludes halogenated alkanes) is 28. The average Bonchev–Trinajstić information content (AvgIpc) is 3.20. The van der Waals surface area contributed by atoms with E-state index < -0.39 is 26.5 Å². The van der Waals surface area contributed by atoms with Crippen LogP contribution in [0.3, 0.4) is 0 Å². The Labute approximate surface area is 370 Å². The van der Waals surface area contributed by atoms with E-state index in [4.69, 9.17) is 18.5 Å². The van der Waals surface area contributed by atoms with Crippen molar-refractivity contribution >= 4 is 19.8 Å². The number of hydrogen-bond donors (Lipinski definition) is 1. The first-order valence-electron chi connectivity index (χ1n) is 25.1. The lowest BCUT2D eigenvalue weighted by molar-refractivity contribution is -0.870. The molecule has 0 fully saturated rings. The molecule has 0 amide bonds. The standard InChI is InChI=1S/C50H96NO8P/c1-6-8-10-12-14-16-18-20-22-23-24-25-26-27-29-31-33-35-37-39-41-43-50(53)59-48(47-58-60(54,55)57-45-44-51(3,4)5)46-56-49(52)42-40-38-36-34-32-30-28-21-19-17-15-13-11-9-7-2/h15,17,21,28,48H,6-14,16,18-20,22-27,29-47H2,1-5H3/p+1/b17-15+,28-21+/t48-/m1/s1. The third-order valence-electron chi connectivity index (χ3n) is 11.0. The molecule has 2 atom stereocenters. The number of allylic oxidation sites excluding steroid dienone is 4. The number of rotatable bonds is 46. The van der Waals surface area contributed by atoms with Crippen LogP contribution in [0.2, 0.25) is 0 Å². The maximum absolute atomic E-state index is 12.7. The van der Waals surface area contributed by atoms with Crippen molar-refractivity contribution in [1.82, 2.24) is 0 Å². The molecule has 354 valence electrons. The van der Waals surface area contributed by atoms with Gasteiger partial charge in [-0.15, -0.1) is 0 Å². The van der Waals surface area contributed by atoms with Crippen LogP contribution in [-0.2, 0) is 32.7 Å². The normalized spacial score (nSPS) is 13.6. The molecule has 60 heavy (non-hydrogen) atoms. The fourth-order valence-electron chi connectivity index (χ4n) is 7.05. The van der Waals surface area contributed by atoms with Crippen LogP contribution < -0.4 is 0 Å². The van der Waals surface area contributed by atoms with Crippen LogP contribution in [0.4, 0.5) is 0 Å². The molecule has 0 rings (SSSR count). The molecule has 0 aliphatic rings. The molecular formula is C50H97NO8P+. The number of hydrogen-bond acceptors (Lipinski definition) is 7. The van der Waals surface area contributed by atoms with Crippen LogP contribution in [0.5, 0.6) is 0 Å². The minimum absolute atomic E-state index is 0.0315. The Hall–Kier alpha value is -1.51. The molecule has 0 saturated carbocycles. The summed E-state index contributed by atoms with van der Waals surface area (Å²) in [7, 11) is 1.48. The minimum atomic E-state index is -4.38. The third-order valence-corrected chi connectivity index (χ3v) is 12.0. The third kappa shape index (κ3) is 46.0. The van der Waals surface area contributed by atoms with E-state index in [1.54, 1.807) is 0 Å². The van der Waals surface area contributed by atoms with Crippen LogP contribution in [-0.4, -0.2) is 74.9 Å². The van der Waals surface area contributed by atoms with Crippen molar-refractivity contribution in [2.45, 2.75) is 238 Å². The largest absolute Gasteiger partial charge is 0.472 e. The highest BCUT2D eigenvalue weighted by molar-refractivity contribution is 7.47. The number of phosphoric acid groups is 1. The molecular weight excluding hydrogens is 774 g/mol. The van der Waals surface area contributed by atoms with Crippen LogP contribution in [0.25, 0.3) is 0 Å². The van der Waals surface area contributed by atoms with E-state index >= 15 is 0 Å². The highest BCUT2D eigenvalue weighted by atomic mass is 31.2. The fraction of sp³-hybridized carbons (Fsp3) is 0.880. The minimum Gasteiger partial charge on any atom is -0.462 e. The van der Waals surface area contributed by atoms with Gasteiger partial charge in [-0.1, -0.05) is 199 Å². The summed E-state index contributed by atoms with van der Waals surface area (Å²) in [6, 6.07) is 0. The van der Waals surface area contributed by atoms with Gasteiger partial charge < -0.3 is 18.9 Å². The van der Waals surface area contributed by atoms with Crippen molar-refractivity contribution in [3.8, 4) is 0 Å². The first-order chi connectivity index (χ1) is 29.0. The molecule has 1 unspecified atom stereocenters. The molecule has 0 saturated heterocycles. The molecule has 0 aromatic rings. The zero-order valence-corrected chi connectivity index (χ0v) is 40.9. The number of carbonyl (C=O) groups is 2. The number of nitrogens with zero attached hydrogens (tertiary/aromatic N) is 1. The van der Waals surface area contributed by atoms with Crippen LogP contribution in [0.15, 0.2) is 24.3 Å². The Balaban J connectivity index is 4.24. The number of quaternary nitrogens is 1. The second-order valence-electron chi connectivity index (χ2n) is 18.2. The van der Waals surface area contributed by atoms with Crippen molar-refractivity contribution in [3.63, 3.8) is 0 Å². The van der Waals surface area contributed by atoms with Gasteiger partial charge in [-0.25, -0.2) is 4.57 Å². The summed E-state index contributed by atoms with van der Waals surface area (Å²) in [5, 5.41) is 0. The van der Waals surface area contributed by atoms with Gasteiger partial charge in [-0.3, -0.25) is 18.6 Å². The van der Waals surface area contributed by atoms with E-state index in [1.807, 2.05) is 21.1 Å². The highest BCUT2D eigenvalue weighted by Gasteiger charge is 2.27. The van der Waals surface area contributed by atoms with Crippen molar-refractivity contribution in [2.75, 3.05) is 47.5 Å². The van der Waals surface area contributed by atoms with Crippen molar-refractivity contribution < 1.29 is 42.1 Å². The Morgan fingerprint density at radius 2 is 0.900 bits per heavy atom. The number of likely N-dealkylation sites (N-methyl/N-ethyl adjacent to an activating group) is 1. The molecule has 0 aromatic heterocycles. The second-order valence-corrected chi connectivity index (χ2v) is 19.7. The van der Waals surface area contributed by atoms with Gasteiger partial charge in [-0.2, -0.15) is 0 Å². The van der Waals surface area contributed by atoms with Gasteiger partial charge in [0.15, 0.2) is 6.10 Å². The highest BCUT2D eigenvalue weighted by Crippen LogP contribution is 2.43. The number of esters is 2. The Morgan fingerprint density at radius 1 is 0.517 bits per heavy atom. The Morgan fingerprint density at radius 3 is 1.35 bits per heavy atom. The van der Waals surface area contributed by atoms with Crippen molar-refractivity contribution in [2.24, 2.45) is 0 Å². The fourth-order valence-corrected chi connectivity index (χ4v) is 7.79. The zero-order chi connectivity index (χ0) is 44.3. The predicted molar refractivity (Wildman–Crippen MR) is 252 cm³/mol. The van der Waals surface area contributed by atoms with Gasteiger partial charge in [0.2, 0.25) is 0 Å². The van der Waals surface area contributed by atoms with Crippen molar-refractivity contribution in [3.05, 3.63) is 24.3 Å². The van der Waals surface area contributed by atoms with Crippen LogP contribution >= 0.6 is 7.82 Å². The molecule has 0 aliphatic carbocycles. The summed E-state index contributed by atoms with van der Waals surface area (Å²) in [6.45, 7) is 4.42. The molecule has 0 bridgehead atoms. The molecule has 0 aromatic carbocycles. The maximum Gasteiger partial charge on any atom is 0.472 e. The van der Waals surface area contributed by atoms with Gasteiger partial charge in [0.25, 0.3) is 0 Å². The summed E-state index contributed by atoms with van der Waals surface area (Å²) < 4.78 is 34.4. The molecule has 1 N–H and O–H groups in total. The lowest BCUT2D eigenvalue weighted by atomic mass is 10.0. The van der Waals surface area contributed by atoms with Crippen molar-refractivity contribution in [1.29, 1.82) is 0 Å². The SMILES string of the molecule is CCCCC/C=C/C/C=C/CCCCCCCC(=O)OC[C@H](COP(=O)(O)OCC[N+](C)(C)C)OC(=O)CCCCCCCCCCCCCCCCCCCCCCC. The molecule has 9 nitrogen and oxygen atoms in total. The Bertz CT molecular complexity index is 1070. The van der Waals surface area contributed by atoms with Crippen LogP contribution in [0, 0.1) is 0 Å². The lowest BCUT2D eigenvalue weighted by Crippen LogP contribution is -2.37. The summed E-state index contributed by atoms with van der Waals surface area (Å²) in [5.74, 6) is -0.803. The first-order valence-corrected chi connectivity index (χ1v) is 26.6. The first kappa shape index (κ1) is 58.5. The summed E-state index contributed by atoms with van der Waals surface area (Å²) >= 11 is 0. The van der Waals surface area contributed by atoms with E-state index in [1.165, 1.54) is 141 Å². The molecule has 0 aliphatic heterocycles. The summed E-state index contributed by atoms with van der Waals surface area (Å²) in [6.07, 6.45) is 48.0. The van der Waals surface area contributed by atoms with Gasteiger partial charge in [0, 0.05) is 12.8 Å². The number of ether oxygens (including phenoxy) is 2. The predicted octanol–water partition coefficient (Wildman–Crippen LogP) is 14.7. The van der Waals surface area contributed by atoms with Gasteiger partial charge in [0.05, 0.1) is 27.7 Å². The monoisotopic (exact) mass is 871 g/mol. The van der Waals surface area contributed by atoms with E-state index in [0.717, 1.165) is 57.8 Å². The molecule has 10 heteroatoms. The zero-order valence-electron chi connectivity index (χ0n) is 40.0. The maximum atomic E-state index is 12.7. The van der Waals surface area contributed by atoms with Gasteiger partial charge in [0.1, 0.15) is 19.8 Å². The van der Waals surface area contributed by atoms with Crippen LogP contribution in [0.1, 0.15) is 232 Å². The topological polar surface area (TPSA) is 108 Å². The van der Waals surface area contributed by atoms with E-state index in [-0.39, 0.29) is 32.0 Å². The summed E-state index contributed by atoms with van der Waals surface area (Å²) in [4.78, 5) is 35.5. The average molecular weight is 871 g/mol. The van der Waals surface area contributed by atoms with E-state index in [0.29, 0.717) is 17.4 Å². The van der Waals surface area contributed by atoms with Gasteiger partial charge in [-0.05, 0) is 44.9 Å². The number of phosphoric ester groups is 1. The Kier molecular flexibility index (Phi) is 41.7. The van der Waals surface area contributed by atoms with E-state index in [2.05, 4.69) is 38.2 Å². The quantitative estimate of drug-likeness (QED) is 0.0212. The smallest absolute Gasteiger partial charge is 0.462 e. The molecule has 0 spiro atoms. The van der Waals surface area contributed by atoms with Gasteiger partial charge >= 0.3 is 19.8 Å².